The molecule has 178 valence electrons. The van der Waals surface area contributed by atoms with Crippen molar-refractivity contribution in [2.75, 3.05) is 24.2 Å². The number of anilines is 2. The van der Waals surface area contributed by atoms with Crippen LogP contribution >= 0.6 is 11.6 Å². The smallest absolute Gasteiger partial charge is 0.337 e. The molecule has 2 saturated heterocycles. The number of benzene rings is 3. The Morgan fingerprint density at radius 3 is 2.09 bits per heavy atom. The number of carbonyl (C=O) groups excluding carboxylic acids is 3. The average molecular weight is 493 g/mol. The Kier molecular flexibility index (Phi) is 5.92. The van der Waals surface area contributed by atoms with Gasteiger partial charge in [0.05, 0.1) is 37.2 Å². The van der Waals surface area contributed by atoms with Crippen molar-refractivity contribution in [2.24, 2.45) is 5.92 Å². The molecule has 9 heteroatoms. The van der Waals surface area contributed by atoms with Crippen LogP contribution in [-0.4, -0.2) is 38.1 Å². The lowest BCUT2D eigenvalue weighted by atomic mass is 9.90. The summed E-state index contributed by atoms with van der Waals surface area (Å²) in [6.45, 7) is 0. The molecule has 8 nitrogen and oxygen atoms in total. The molecule has 0 bridgehead atoms. The first-order valence-corrected chi connectivity index (χ1v) is 11.2. The van der Waals surface area contributed by atoms with Gasteiger partial charge < -0.3 is 9.47 Å². The number of halogens is 1. The summed E-state index contributed by atoms with van der Waals surface area (Å²) < 4.78 is 9.99. The number of nitrogens with zero attached hydrogens (tertiary/aromatic N) is 2. The number of fused-ring (bicyclic) bond motifs is 1. The van der Waals surface area contributed by atoms with E-state index in [4.69, 9.17) is 25.9 Å². The number of hydroxylamine groups is 1. The van der Waals surface area contributed by atoms with Crippen molar-refractivity contribution >= 4 is 40.8 Å². The van der Waals surface area contributed by atoms with Gasteiger partial charge in [-0.05, 0) is 66.2 Å². The molecule has 3 atom stereocenters. The van der Waals surface area contributed by atoms with Crippen LogP contribution in [0, 0.1) is 5.92 Å². The van der Waals surface area contributed by atoms with Crippen molar-refractivity contribution < 1.29 is 28.7 Å². The summed E-state index contributed by atoms with van der Waals surface area (Å²) in [4.78, 5) is 46.1. The summed E-state index contributed by atoms with van der Waals surface area (Å²) in [5, 5.41) is 2.16. The van der Waals surface area contributed by atoms with Gasteiger partial charge in [-0.15, -0.1) is 0 Å². The molecule has 2 amide bonds. The molecule has 0 radical (unpaired) electrons. The van der Waals surface area contributed by atoms with Crippen molar-refractivity contribution in [3.05, 3.63) is 88.9 Å². The molecule has 2 fully saturated rings. The summed E-state index contributed by atoms with van der Waals surface area (Å²) in [6.07, 6.45) is -1.01. The van der Waals surface area contributed by atoms with Gasteiger partial charge in [-0.2, -0.15) is 0 Å². The molecule has 3 aromatic carbocycles. The minimum absolute atomic E-state index is 0.316. The maximum atomic E-state index is 13.7. The maximum Gasteiger partial charge on any atom is 0.337 e. The van der Waals surface area contributed by atoms with Gasteiger partial charge in [-0.3, -0.25) is 14.4 Å². The van der Waals surface area contributed by atoms with Gasteiger partial charge >= 0.3 is 5.97 Å². The van der Waals surface area contributed by atoms with Crippen molar-refractivity contribution in [3.63, 3.8) is 0 Å². The minimum Gasteiger partial charge on any atom is -0.497 e. The topological polar surface area (TPSA) is 85.4 Å². The summed E-state index contributed by atoms with van der Waals surface area (Å²) in [7, 11) is 2.86. The third kappa shape index (κ3) is 3.90. The van der Waals surface area contributed by atoms with Crippen LogP contribution in [-0.2, 0) is 19.2 Å². The standard InChI is InChI=1S/C26H21ClN2O6/c1-33-20-13-5-15(6-14-20)22-21-23(35-29(22)19-11-7-17(27)8-12-19)25(31)28(24(21)30)18-9-3-16(4-10-18)26(32)34-2/h3-14,21-23H,1-2H3/t21-,22-,23-/m0/s1. The summed E-state index contributed by atoms with van der Waals surface area (Å²) in [5.74, 6) is -1.48. The van der Waals surface area contributed by atoms with E-state index in [0.29, 0.717) is 27.7 Å². The van der Waals surface area contributed by atoms with Gasteiger partial charge in [0.2, 0.25) is 5.91 Å². The van der Waals surface area contributed by atoms with Crippen molar-refractivity contribution in [3.8, 4) is 5.75 Å². The van der Waals surface area contributed by atoms with Gasteiger partial charge in [0.25, 0.3) is 5.91 Å². The highest BCUT2D eigenvalue weighted by molar-refractivity contribution is 6.30. The molecule has 0 spiro atoms. The Bertz CT molecular complexity index is 1280. The van der Waals surface area contributed by atoms with E-state index >= 15 is 0 Å². The van der Waals surface area contributed by atoms with Gasteiger partial charge in [0, 0.05) is 5.02 Å². The van der Waals surface area contributed by atoms with Crippen molar-refractivity contribution in [1.82, 2.24) is 0 Å². The van der Waals surface area contributed by atoms with Gasteiger partial charge in [-0.25, -0.2) is 14.8 Å². The zero-order chi connectivity index (χ0) is 24.7. The Hall–Kier alpha value is -3.88. The monoisotopic (exact) mass is 492 g/mol. The molecule has 35 heavy (non-hydrogen) atoms. The van der Waals surface area contributed by atoms with Crippen LogP contribution in [0.4, 0.5) is 11.4 Å². The number of hydrogen-bond acceptors (Lipinski definition) is 7. The second kappa shape index (κ2) is 9.05. The Morgan fingerprint density at radius 2 is 1.49 bits per heavy atom. The first-order valence-electron chi connectivity index (χ1n) is 10.8. The molecule has 0 aromatic heterocycles. The maximum absolute atomic E-state index is 13.7. The Morgan fingerprint density at radius 1 is 0.857 bits per heavy atom. The zero-order valence-electron chi connectivity index (χ0n) is 18.9. The third-order valence-corrected chi connectivity index (χ3v) is 6.45. The predicted molar refractivity (Wildman–Crippen MR) is 128 cm³/mol. The number of ether oxygens (including phenoxy) is 2. The quantitative estimate of drug-likeness (QED) is 0.390. The lowest BCUT2D eigenvalue weighted by Crippen LogP contribution is -2.37. The number of rotatable bonds is 5. The number of methoxy groups -OCH3 is 2. The second-order valence-electron chi connectivity index (χ2n) is 8.12. The van der Waals surface area contributed by atoms with Gasteiger partial charge in [-0.1, -0.05) is 23.7 Å². The fourth-order valence-corrected chi connectivity index (χ4v) is 4.61. The first kappa shape index (κ1) is 22.9. The first-order chi connectivity index (χ1) is 16.9. The SMILES string of the molecule is COC(=O)c1ccc(N2C(=O)[C@@H]3[C@H](ON(c4ccc(Cl)cc4)[C@H]3c3ccc(OC)cc3)C2=O)cc1. The van der Waals surface area contributed by atoms with Crippen LogP contribution < -0.4 is 14.7 Å². The van der Waals surface area contributed by atoms with E-state index in [0.717, 1.165) is 10.5 Å². The Balaban J connectivity index is 1.52. The van der Waals surface area contributed by atoms with E-state index in [1.807, 2.05) is 12.1 Å². The molecular formula is C26H21ClN2O6. The van der Waals surface area contributed by atoms with Crippen LogP contribution in [0.25, 0.3) is 0 Å². The molecule has 0 N–H and O–H groups in total. The van der Waals surface area contributed by atoms with E-state index in [1.54, 1.807) is 60.7 Å². The average Bonchev–Trinajstić information content (AvgIpc) is 3.40. The van der Waals surface area contributed by atoms with Gasteiger partial charge in [0.15, 0.2) is 6.10 Å². The largest absolute Gasteiger partial charge is 0.497 e. The van der Waals surface area contributed by atoms with E-state index < -0.39 is 29.9 Å². The van der Waals surface area contributed by atoms with E-state index in [2.05, 4.69) is 0 Å². The van der Waals surface area contributed by atoms with E-state index in [-0.39, 0.29) is 5.91 Å². The highest BCUT2D eigenvalue weighted by Gasteiger charge is 2.60. The second-order valence-corrected chi connectivity index (χ2v) is 8.56. The van der Waals surface area contributed by atoms with Crippen LogP contribution in [0.5, 0.6) is 5.75 Å². The molecular weight excluding hydrogens is 472 g/mol. The highest BCUT2D eigenvalue weighted by Crippen LogP contribution is 2.47. The van der Waals surface area contributed by atoms with Crippen LogP contribution in [0.1, 0.15) is 22.0 Å². The molecule has 0 unspecified atom stereocenters. The van der Waals surface area contributed by atoms with Crippen LogP contribution in [0.3, 0.4) is 0 Å². The molecule has 2 heterocycles. The number of amides is 2. The molecule has 3 aromatic rings. The molecule has 5 rings (SSSR count). The van der Waals surface area contributed by atoms with Crippen molar-refractivity contribution in [1.29, 1.82) is 0 Å². The van der Waals surface area contributed by atoms with E-state index in [9.17, 15) is 14.4 Å². The molecule has 0 saturated carbocycles. The summed E-state index contributed by atoms with van der Waals surface area (Å²) in [5.41, 5.74) is 2.13. The van der Waals surface area contributed by atoms with E-state index in [1.165, 1.54) is 19.2 Å². The summed E-state index contributed by atoms with van der Waals surface area (Å²) >= 11 is 6.06. The number of carbonyl (C=O) groups is 3. The molecule has 2 aliphatic rings. The Labute approximate surface area is 206 Å². The lowest BCUT2D eigenvalue weighted by molar-refractivity contribution is -0.126. The zero-order valence-corrected chi connectivity index (χ0v) is 19.6. The molecule has 2 aliphatic heterocycles. The normalized spacial score (nSPS) is 21.3. The highest BCUT2D eigenvalue weighted by atomic mass is 35.5. The number of hydrogen-bond donors (Lipinski definition) is 0. The van der Waals surface area contributed by atoms with Crippen LogP contribution in [0.2, 0.25) is 5.02 Å². The lowest BCUT2D eigenvalue weighted by Gasteiger charge is -2.29. The van der Waals surface area contributed by atoms with Crippen LogP contribution in [0.15, 0.2) is 72.8 Å². The fraction of sp³-hybridized carbons (Fsp3) is 0.192. The fourth-order valence-electron chi connectivity index (χ4n) is 4.49. The number of esters is 1. The third-order valence-electron chi connectivity index (χ3n) is 6.20. The molecule has 0 aliphatic carbocycles. The number of imide groups is 1. The van der Waals surface area contributed by atoms with Crippen molar-refractivity contribution in [2.45, 2.75) is 12.1 Å². The van der Waals surface area contributed by atoms with Gasteiger partial charge in [0.1, 0.15) is 11.7 Å². The minimum atomic E-state index is -1.01. The predicted octanol–water partition coefficient (Wildman–Crippen LogP) is 4.19. The summed E-state index contributed by atoms with van der Waals surface area (Å²) in [6, 6.07) is 19.8.